The van der Waals surface area contributed by atoms with Crippen LogP contribution >= 0.6 is 0 Å². The zero-order chi connectivity index (χ0) is 14.4. The summed E-state index contributed by atoms with van der Waals surface area (Å²) in [4.78, 5) is 0. The van der Waals surface area contributed by atoms with E-state index in [0.29, 0.717) is 0 Å². The summed E-state index contributed by atoms with van der Waals surface area (Å²) >= 11 is 0. The molecule has 0 aliphatic carbocycles. The minimum Gasteiger partial charge on any atom is -1.00 e. The molecule has 0 fully saturated rings. The number of pyridine rings is 1. The maximum absolute atomic E-state index is 5.41. The maximum Gasteiger partial charge on any atom is 0.169 e. The third-order valence-electron chi connectivity index (χ3n) is 3.17. The van der Waals surface area contributed by atoms with Gasteiger partial charge in [-0.05, 0) is 18.6 Å². The number of rotatable bonds is 5. The van der Waals surface area contributed by atoms with Crippen molar-refractivity contribution in [2.24, 2.45) is 0 Å². The Hall–Kier alpha value is -1.56. The summed E-state index contributed by atoms with van der Waals surface area (Å²) in [6, 6.07) is 10.0. The molecule has 1 heterocycles. The minimum atomic E-state index is 0. The molecular weight excluding hydrogens is 377 g/mol. The second-order valence-corrected chi connectivity index (χ2v) is 4.38. The first-order valence-corrected chi connectivity index (χ1v) is 6.66. The highest BCUT2D eigenvalue weighted by Crippen LogP contribution is 2.31. The molecule has 2 rings (SSSR count). The first-order chi connectivity index (χ1) is 9.78. The van der Waals surface area contributed by atoms with Gasteiger partial charge in [0.15, 0.2) is 23.9 Å². The lowest BCUT2D eigenvalue weighted by Gasteiger charge is -2.09. The van der Waals surface area contributed by atoms with Crippen molar-refractivity contribution in [1.29, 1.82) is 0 Å². The summed E-state index contributed by atoms with van der Waals surface area (Å²) in [5.41, 5.74) is 2.15. The van der Waals surface area contributed by atoms with Gasteiger partial charge in [-0.2, -0.15) is 0 Å². The number of hydrogen-bond acceptors (Lipinski definition) is 2. The van der Waals surface area contributed by atoms with Crippen molar-refractivity contribution in [3.05, 3.63) is 53.9 Å². The maximum atomic E-state index is 5.41. The minimum absolute atomic E-state index is 0. The molecule has 0 saturated heterocycles. The molecular formula is C17H20INO2. The van der Waals surface area contributed by atoms with E-state index in [1.807, 2.05) is 24.3 Å². The molecule has 0 bridgehead atoms. The molecule has 0 amide bonds. The van der Waals surface area contributed by atoms with E-state index >= 15 is 0 Å². The number of aryl methyl sites for hydroxylation is 1. The summed E-state index contributed by atoms with van der Waals surface area (Å²) in [5, 5.41) is 0. The van der Waals surface area contributed by atoms with Crippen LogP contribution in [0.5, 0.6) is 11.5 Å². The lowest BCUT2D eigenvalue weighted by molar-refractivity contribution is -0.693. The lowest BCUT2D eigenvalue weighted by atomic mass is 10.1. The summed E-state index contributed by atoms with van der Waals surface area (Å²) in [7, 11) is 3.30. The summed E-state index contributed by atoms with van der Waals surface area (Å²) < 4.78 is 12.8. The van der Waals surface area contributed by atoms with E-state index in [9.17, 15) is 0 Å². The smallest absolute Gasteiger partial charge is 0.169 e. The molecule has 112 valence electrons. The molecule has 0 aliphatic rings. The average molecular weight is 397 g/mol. The standard InChI is InChI=1S/C17H20NO2.HI/c1-4-18-12-10-14(11-13-18)8-9-15-6-5-7-16(19-2)17(15)20-3;/h5-13H,4H2,1-3H3;1H/q+1;/p-1. The van der Waals surface area contributed by atoms with Gasteiger partial charge in [-0.1, -0.05) is 24.3 Å². The zero-order valence-electron chi connectivity index (χ0n) is 12.5. The fraction of sp³-hybridized carbons (Fsp3) is 0.235. The van der Waals surface area contributed by atoms with E-state index in [1.165, 1.54) is 0 Å². The highest BCUT2D eigenvalue weighted by atomic mass is 127. The molecule has 1 aromatic heterocycles. The Kier molecular flexibility index (Phi) is 7.22. The van der Waals surface area contributed by atoms with Crippen LogP contribution in [0.4, 0.5) is 0 Å². The number of ether oxygens (including phenoxy) is 2. The fourth-order valence-corrected chi connectivity index (χ4v) is 2.02. The third kappa shape index (κ3) is 4.46. The molecule has 0 aliphatic heterocycles. The Morgan fingerprint density at radius 1 is 1.00 bits per heavy atom. The second-order valence-electron chi connectivity index (χ2n) is 4.38. The van der Waals surface area contributed by atoms with Gasteiger partial charge in [-0.15, -0.1) is 0 Å². The predicted molar refractivity (Wildman–Crippen MR) is 80.8 cm³/mol. The van der Waals surface area contributed by atoms with Gasteiger partial charge >= 0.3 is 0 Å². The molecule has 4 heteroatoms. The lowest BCUT2D eigenvalue weighted by Crippen LogP contribution is -3.00. The van der Waals surface area contributed by atoms with Crippen molar-refractivity contribution < 1.29 is 38.0 Å². The van der Waals surface area contributed by atoms with E-state index < -0.39 is 0 Å². The van der Waals surface area contributed by atoms with E-state index in [4.69, 9.17) is 9.47 Å². The molecule has 2 aromatic rings. The van der Waals surface area contributed by atoms with Gasteiger partial charge in [0, 0.05) is 17.7 Å². The monoisotopic (exact) mass is 397 g/mol. The normalized spacial score (nSPS) is 10.2. The molecule has 0 saturated carbocycles. The number of benzene rings is 1. The first-order valence-electron chi connectivity index (χ1n) is 6.66. The van der Waals surface area contributed by atoms with E-state index in [-0.39, 0.29) is 24.0 Å². The van der Waals surface area contributed by atoms with Crippen LogP contribution in [0.25, 0.3) is 12.2 Å². The summed E-state index contributed by atoms with van der Waals surface area (Å²) in [6.45, 7) is 3.10. The van der Waals surface area contributed by atoms with Crippen LogP contribution in [-0.2, 0) is 6.54 Å². The van der Waals surface area contributed by atoms with Crippen LogP contribution in [0, 0.1) is 0 Å². The van der Waals surface area contributed by atoms with Crippen LogP contribution in [-0.4, -0.2) is 14.2 Å². The number of nitrogens with zero attached hydrogens (tertiary/aromatic N) is 1. The Bertz CT molecular complexity index is 594. The topological polar surface area (TPSA) is 22.3 Å². The fourth-order valence-electron chi connectivity index (χ4n) is 2.02. The van der Waals surface area contributed by atoms with Crippen LogP contribution in [0.2, 0.25) is 0 Å². The number of aromatic nitrogens is 1. The molecule has 3 nitrogen and oxygen atoms in total. The largest absolute Gasteiger partial charge is 1.00 e. The molecule has 0 radical (unpaired) electrons. The van der Waals surface area contributed by atoms with Crippen LogP contribution in [0.1, 0.15) is 18.1 Å². The number of halogens is 1. The molecule has 1 aromatic carbocycles. The van der Waals surface area contributed by atoms with Gasteiger partial charge in [0.1, 0.15) is 6.54 Å². The van der Waals surface area contributed by atoms with Gasteiger partial charge in [0.05, 0.1) is 14.2 Å². The Morgan fingerprint density at radius 2 is 1.71 bits per heavy atom. The van der Waals surface area contributed by atoms with Gasteiger partial charge in [0.25, 0.3) is 0 Å². The Balaban J connectivity index is 0.00000220. The van der Waals surface area contributed by atoms with Gasteiger partial charge in [-0.3, -0.25) is 0 Å². The van der Waals surface area contributed by atoms with Crippen LogP contribution in [0.15, 0.2) is 42.7 Å². The summed E-state index contributed by atoms with van der Waals surface area (Å²) in [5.74, 6) is 1.50. The van der Waals surface area contributed by atoms with E-state index in [2.05, 4.69) is 42.1 Å². The SMILES string of the molecule is CC[n+]1ccc(C=Cc2cccc(OC)c2OC)cc1.[I-]. The Labute approximate surface area is 143 Å². The number of para-hydroxylation sites is 1. The molecule has 0 N–H and O–H groups in total. The number of hydrogen-bond donors (Lipinski definition) is 0. The van der Waals surface area contributed by atoms with Crippen molar-refractivity contribution in [1.82, 2.24) is 0 Å². The highest BCUT2D eigenvalue weighted by Gasteiger charge is 2.06. The van der Waals surface area contributed by atoms with Crippen molar-refractivity contribution in [2.75, 3.05) is 14.2 Å². The zero-order valence-corrected chi connectivity index (χ0v) is 14.7. The summed E-state index contributed by atoms with van der Waals surface area (Å²) in [6.07, 6.45) is 8.25. The van der Waals surface area contributed by atoms with Crippen LogP contribution < -0.4 is 38.0 Å². The molecule has 21 heavy (non-hydrogen) atoms. The van der Waals surface area contributed by atoms with Crippen molar-refractivity contribution >= 4 is 12.2 Å². The van der Waals surface area contributed by atoms with Crippen LogP contribution in [0.3, 0.4) is 0 Å². The predicted octanol–water partition coefficient (Wildman–Crippen LogP) is 0.186. The first kappa shape index (κ1) is 17.5. The van der Waals surface area contributed by atoms with E-state index in [0.717, 1.165) is 29.2 Å². The van der Waals surface area contributed by atoms with Crippen molar-refractivity contribution in [3.8, 4) is 11.5 Å². The molecule has 0 spiro atoms. The Morgan fingerprint density at radius 3 is 2.29 bits per heavy atom. The van der Waals surface area contributed by atoms with Gasteiger partial charge in [0.2, 0.25) is 0 Å². The number of methoxy groups -OCH3 is 2. The molecule has 0 atom stereocenters. The second kappa shape index (κ2) is 8.67. The third-order valence-corrected chi connectivity index (χ3v) is 3.17. The van der Waals surface area contributed by atoms with Crippen molar-refractivity contribution in [2.45, 2.75) is 13.5 Å². The highest BCUT2D eigenvalue weighted by molar-refractivity contribution is 5.74. The van der Waals surface area contributed by atoms with Gasteiger partial charge in [-0.25, -0.2) is 4.57 Å². The van der Waals surface area contributed by atoms with Gasteiger partial charge < -0.3 is 33.5 Å². The van der Waals surface area contributed by atoms with Crippen molar-refractivity contribution in [3.63, 3.8) is 0 Å². The average Bonchev–Trinajstić information content (AvgIpc) is 2.52. The molecule has 0 unspecified atom stereocenters. The van der Waals surface area contributed by atoms with E-state index in [1.54, 1.807) is 14.2 Å². The quantitative estimate of drug-likeness (QED) is 0.531.